The summed E-state index contributed by atoms with van der Waals surface area (Å²) >= 11 is 5.81. The minimum Gasteiger partial charge on any atom is -0.339 e. The first-order valence-corrected chi connectivity index (χ1v) is 12.2. The maximum absolute atomic E-state index is 13.2. The van der Waals surface area contributed by atoms with Gasteiger partial charge in [0.25, 0.3) is 11.8 Å². The predicted octanol–water partition coefficient (Wildman–Crippen LogP) is 5.76. The highest BCUT2D eigenvalue weighted by molar-refractivity contribution is 6.29. The van der Waals surface area contributed by atoms with Crippen LogP contribution in [0.25, 0.3) is 5.57 Å². The summed E-state index contributed by atoms with van der Waals surface area (Å²) in [6.07, 6.45) is 8.19. The summed E-state index contributed by atoms with van der Waals surface area (Å²) in [6, 6.07) is 12.6. The van der Waals surface area contributed by atoms with Crippen LogP contribution in [0.4, 0.5) is 5.69 Å². The molecule has 0 spiro atoms. The second-order valence-corrected chi connectivity index (χ2v) is 9.17. The maximum atomic E-state index is 13.2. The SMILES string of the molecule is C/C=C(\C=N)c1ccc(C2CCN(C(=O)c3ccc(C)c(NC(=O)c4ccc(Cl)nc4)c3)CC2)cn1. The van der Waals surface area contributed by atoms with Crippen LogP contribution in [0.2, 0.25) is 5.15 Å². The van der Waals surface area contributed by atoms with Crippen molar-refractivity contribution in [3.05, 3.63) is 94.0 Å². The van der Waals surface area contributed by atoms with Gasteiger partial charge in [-0.25, -0.2) is 4.98 Å². The number of benzene rings is 1. The molecule has 4 rings (SSSR count). The Kier molecular flexibility index (Phi) is 7.90. The molecule has 2 N–H and O–H groups in total. The van der Waals surface area contributed by atoms with E-state index in [-0.39, 0.29) is 11.8 Å². The Balaban J connectivity index is 1.40. The van der Waals surface area contributed by atoms with Gasteiger partial charge in [0.15, 0.2) is 0 Å². The third-order valence-corrected chi connectivity index (χ3v) is 6.75. The Bertz CT molecular complexity index is 1290. The Morgan fingerprint density at radius 3 is 2.42 bits per heavy atom. The average molecular weight is 502 g/mol. The number of pyridine rings is 2. The molecular formula is C28H28ClN5O2. The largest absolute Gasteiger partial charge is 0.339 e. The van der Waals surface area contributed by atoms with Crippen LogP contribution in [-0.4, -0.2) is 46.0 Å². The third-order valence-electron chi connectivity index (χ3n) is 6.52. The molecule has 1 fully saturated rings. The van der Waals surface area contributed by atoms with E-state index in [0.717, 1.165) is 35.2 Å². The smallest absolute Gasteiger partial charge is 0.257 e. The number of halogens is 1. The van der Waals surface area contributed by atoms with Crippen LogP contribution in [0.15, 0.2) is 60.9 Å². The highest BCUT2D eigenvalue weighted by Gasteiger charge is 2.25. The van der Waals surface area contributed by atoms with Gasteiger partial charge in [-0.3, -0.25) is 14.6 Å². The van der Waals surface area contributed by atoms with Crippen molar-refractivity contribution < 1.29 is 9.59 Å². The van der Waals surface area contributed by atoms with E-state index in [2.05, 4.69) is 21.4 Å². The van der Waals surface area contributed by atoms with Crippen molar-refractivity contribution in [1.82, 2.24) is 14.9 Å². The number of nitrogens with zero attached hydrogens (tertiary/aromatic N) is 3. The lowest BCUT2D eigenvalue weighted by molar-refractivity contribution is 0.0712. The molecule has 0 aliphatic carbocycles. The van der Waals surface area contributed by atoms with E-state index >= 15 is 0 Å². The number of piperidine rings is 1. The summed E-state index contributed by atoms with van der Waals surface area (Å²) in [4.78, 5) is 36.2. The fourth-order valence-corrected chi connectivity index (χ4v) is 4.43. The molecule has 2 aromatic heterocycles. The van der Waals surface area contributed by atoms with Crippen LogP contribution in [0.3, 0.4) is 0 Å². The topological polar surface area (TPSA) is 99.0 Å². The fourth-order valence-electron chi connectivity index (χ4n) is 4.32. The van der Waals surface area contributed by atoms with Crippen molar-refractivity contribution in [3.8, 4) is 0 Å². The van der Waals surface area contributed by atoms with E-state index in [9.17, 15) is 9.59 Å². The van der Waals surface area contributed by atoms with E-state index in [0.29, 0.717) is 41.0 Å². The Labute approximate surface area is 215 Å². The minimum atomic E-state index is -0.311. The van der Waals surface area contributed by atoms with Crippen LogP contribution >= 0.6 is 11.6 Å². The van der Waals surface area contributed by atoms with Gasteiger partial charge >= 0.3 is 0 Å². The Morgan fingerprint density at radius 1 is 1.06 bits per heavy atom. The molecule has 0 radical (unpaired) electrons. The van der Waals surface area contributed by atoms with Gasteiger partial charge < -0.3 is 15.6 Å². The van der Waals surface area contributed by atoms with Crippen molar-refractivity contribution in [3.63, 3.8) is 0 Å². The molecule has 3 heterocycles. The van der Waals surface area contributed by atoms with Gasteiger partial charge in [0.05, 0.1) is 11.3 Å². The number of aryl methyl sites for hydroxylation is 1. The molecule has 0 atom stereocenters. The molecule has 1 saturated heterocycles. The number of amides is 2. The number of hydrogen-bond acceptors (Lipinski definition) is 5. The van der Waals surface area contributed by atoms with Crippen LogP contribution < -0.4 is 5.32 Å². The number of hydrogen-bond donors (Lipinski definition) is 2. The van der Waals surface area contributed by atoms with Crippen molar-refractivity contribution in [1.29, 1.82) is 5.41 Å². The third kappa shape index (κ3) is 5.69. The molecule has 2 amide bonds. The number of aromatic nitrogens is 2. The number of anilines is 1. The maximum Gasteiger partial charge on any atom is 0.257 e. The summed E-state index contributed by atoms with van der Waals surface area (Å²) in [5.41, 5.74) is 5.12. The van der Waals surface area contributed by atoms with Crippen molar-refractivity contribution in [2.45, 2.75) is 32.6 Å². The number of likely N-dealkylation sites (tertiary alicyclic amines) is 1. The normalized spacial score (nSPS) is 14.4. The predicted molar refractivity (Wildman–Crippen MR) is 143 cm³/mol. The molecule has 1 aliphatic heterocycles. The van der Waals surface area contributed by atoms with Crippen molar-refractivity contribution in [2.24, 2.45) is 0 Å². The lowest BCUT2D eigenvalue weighted by atomic mass is 9.90. The van der Waals surface area contributed by atoms with Crippen LogP contribution in [-0.2, 0) is 0 Å². The molecule has 7 nitrogen and oxygen atoms in total. The zero-order valence-electron chi connectivity index (χ0n) is 20.3. The quantitative estimate of drug-likeness (QED) is 0.331. The number of rotatable bonds is 6. The molecule has 0 saturated carbocycles. The second kappa shape index (κ2) is 11.3. The highest BCUT2D eigenvalue weighted by atomic mass is 35.5. The van der Waals surface area contributed by atoms with E-state index in [1.807, 2.05) is 43.2 Å². The summed E-state index contributed by atoms with van der Waals surface area (Å²) in [5.74, 6) is -0.0192. The number of nitrogens with one attached hydrogen (secondary N) is 2. The van der Waals surface area contributed by atoms with E-state index in [1.165, 1.54) is 12.4 Å². The Morgan fingerprint density at radius 2 is 1.81 bits per heavy atom. The van der Waals surface area contributed by atoms with Crippen molar-refractivity contribution in [2.75, 3.05) is 18.4 Å². The van der Waals surface area contributed by atoms with Gasteiger partial charge in [-0.05, 0) is 74.1 Å². The van der Waals surface area contributed by atoms with Gasteiger partial charge in [0, 0.05) is 48.5 Å². The molecule has 36 heavy (non-hydrogen) atoms. The number of carbonyl (C=O) groups is 2. The summed E-state index contributed by atoms with van der Waals surface area (Å²) in [6.45, 7) is 5.08. The lowest BCUT2D eigenvalue weighted by Gasteiger charge is -2.32. The first-order valence-electron chi connectivity index (χ1n) is 11.9. The molecule has 8 heteroatoms. The van der Waals surface area contributed by atoms with Crippen LogP contribution in [0, 0.1) is 12.3 Å². The second-order valence-electron chi connectivity index (χ2n) is 8.79. The van der Waals surface area contributed by atoms with Gasteiger partial charge in [-0.15, -0.1) is 0 Å². The zero-order chi connectivity index (χ0) is 25.7. The first kappa shape index (κ1) is 25.3. The minimum absolute atomic E-state index is 0.0470. The fraction of sp³-hybridized carbons (Fsp3) is 0.250. The molecule has 0 bridgehead atoms. The van der Waals surface area contributed by atoms with Gasteiger partial charge in [0.1, 0.15) is 5.15 Å². The number of carbonyl (C=O) groups excluding carboxylic acids is 2. The highest BCUT2D eigenvalue weighted by Crippen LogP contribution is 2.29. The van der Waals surface area contributed by atoms with Gasteiger partial charge in [-0.2, -0.15) is 0 Å². The molecule has 3 aromatic rings. The average Bonchev–Trinajstić information content (AvgIpc) is 2.91. The van der Waals surface area contributed by atoms with E-state index in [1.54, 1.807) is 24.3 Å². The number of allylic oxidation sites excluding steroid dienone is 2. The van der Waals surface area contributed by atoms with Crippen LogP contribution in [0.1, 0.15) is 63.2 Å². The van der Waals surface area contributed by atoms with Crippen molar-refractivity contribution >= 4 is 40.9 Å². The van der Waals surface area contributed by atoms with E-state index in [4.69, 9.17) is 17.0 Å². The molecule has 0 unspecified atom stereocenters. The first-order chi connectivity index (χ1) is 17.4. The van der Waals surface area contributed by atoms with E-state index < -0.39 is 0 Å². The van der Waals surface area contributed by atoms with Crippen LogP contribution in [0.5, 0.6) is 0 Å². The molecular weight excluding hydrogens is 474 g/mol. The zero-order valence-corrected chi connectivity index (χ0v) is 21.0. The monoisotopic (exact) mass is 501 g/mol. The summed E-state index contributed by atoms with van der Waals surface area (Å²) in [5, 5.41) is 10.7. The standard InChI is InChI=1S/C28H28ClN5O2/c1-3-19(15-30)24-8-6-22(16-31-24)20-10-12-34(13-11-20)28(36)21-5-4-18(2)25(14-21)33-27(35)23-7-9-26(29)32-17-23/h3-9,14-17,20,30H,10-13H2,1-2H3,(H,33,35)/b19-3+,30-15?. The molecule has 1 aromatic carbocycles. The molecule has 1 aliphatic rings. The Hall–Kier alpha value is -3.84. The van der Waals surface area contributed by atoms with Gasteiger partial charge in [-0.1, -0.05) is 29.8 Å². The lowest BCUT2D eigenvalue weighted by Crippen LogP contribution is -2.38. The van der Waals surface area contributed by atoms with Gasteiger partial charge in [0.2, 0.25) is 0 Å². The molecule has 184 valence electrons. The summed E-state index contributed by atoms with van der Waals surface area (Å²) in [7, 11) is 0. The summed E-state index contributed by atoms with van der Waals surface area (Å²) < 4.78 is 0.